The second-order valence-electron chi connectivity index (χ2n) is 6.99. The number of likely N-dealkylation sites (N-methyl/N-ethyl adjacent to an activating group) is 2. The molecule has 0 aliphatic carbocycles. The Labute approximate surface area is 130 Å². The Morgan fingerprint density at radius 1 is 1.19 bits per heavy atom. The Hall–Kier alpha value is -0.900. The van der Waals surface area contributed by atoms with Crippen LogP contribution in [0.15, 0.2) is 18.2 Å². The number of nitrogens with one attached hydrogen (secondary N) is 1. The highest BCUT2D eigenvalue weighted by molar-refractivity contribution is 5.31. The van der Waals surface area contributed by atoms with E-state index in [0.29, 0.717) is 12.1 Å². The molecule has 0 bridgehead atoms. The molecule has 118 valence electrons. The van der Waals surface area contributed by atoms with Crippen molar-refractivity contribution in [3.05, 3.63) is 34.9 Å². The predicted octanol–water partition coefficient (Wildman–Crippen LogP) is 2.45. The second-order valence-corrected chi connectivity index (χ2v) is 6.99. The molecule has 1 aliphatic rings. The summed E-state index contributed by atoms with van der Waals surface area (Å²) in [5.74, 6) is 0.747. The highest BCUT2D eigenvalue weighted by atomic mass is 15.2. The molecule has 1 heterocycles. The zero-order valence-electron chi connectivity index (χ0n) is 14.5. The van der Waals surface area contributed by atoms with Crippen LogP contribution in [0.1, 0.15) is 29.7 Å². The number of likely N-dealkylation sites (tertiary alicyclic amines) is 1. The number of hydrogen-bond donors (Lipinski definition) is 1. The van der Waals surface area contributed by atoms with Gasteiger partial charge in [-0.25, -0.2) is 0 Å². The van der Waals surface area contributed by atoms with Crippen molar-refractivity contribution in [3.8, 4) is 0 Å². The fraction of sp³-hybridized carbons (Fsp3) is 0.667. The van der Waals surface area contributed by atoms with Crippen LogP contribution in [0.4, 0.5) is 0 Å². The van der Waals surface area contributed by atoms with Crippen LogP contribution in [0.2, 0.25) is 0 Å². The Kier molecular flexibility index (Phi) is 5.42. The molecule has 3 nitrogen and oxygen atoms in total. The molecule has 0 spiro atoms. The smallest absolute Gasteiger partial charge is 0.0447 e. The molecule has 1 fully saturated rings. The topological polar surface area (TPSA) is 18.5 Å². The van der Waals surface area contributed by atoms with Gasteiger partial charge in [-0.3, -0.25) is 4.90 Å². The summed E-state index contributed by atoms with van der Waals surface area (Å²) in [5, 5.41) is 3.50. The van der Waals surface area contributed by atoms with Gasteiger partial charge in [-0.1, -0.05) is 36.2 Å². The van der Waals surface area contributed by atoms with Gasteiger partial charge in [0.1, 0.15) is 0 Å². The van der Waals surface area contributed by atoms with Crippen molar-refractivity contribution in [2.75, 3.05) is 40.8 Å². The van der Waals surface area contributed by atoms with Gasteiger partial charge in [0.15, 0.2) is 0 Å². The molecule has 1 aromatic rings. The fourth-order valence-corrected chi connectivity index (χ4v) is 3.70. The Bertz CT molecular complexity index is 449. The van der Waals surface area contributed by atoms with E-state index in [2.05, 4.69) is 75.2 Å². The molecule has 0 saturated carbocycles. The van der Waals surface area contributed by atoms with Gasteiger partial charge >= 0.3 is 0 Å². The van der Waals surface area contributed by atoms with E-state index in [9.17, 15) is 0 Å². The fourth-order valence-electron chi connectivity index (χ4n) is 3.70. The van der Waals surface area contributed by atoms with Gasteiger partial charge in [-0.05, 0) is 46.5 Å². The van der Waals surface area contributed by atoms with Gasteiger partial charge in [0.25, 0.3) is 0 Å². The molecule has 2 rings (SSSR count). The maximum atomic E-state index is 3.50. The quantitative estimate of drug-likeness (QED) is 0.898. The summed E-state index contributed by atoms with van der Waals surface area (Å²) < 4.78 is 0. The standard InChI is InChI=1S/C18H31N3/c1-13-7-14(2)9-16(8-13)17(19-4)11-21-10-15(3)18(12-21)20(5)6/h7-9,15,17-19H,10-12H2,1-6H3. The molecule has 21 heavy (non-hydrogen) atoms. The molecule has 0 amide bonds. The summed E-state index contributed by atoms with van der Waals surface area (Å²) in [6.07, 6.45) is 0. The monoisotopic (exact) mass is 289 g/mol. The number of aryl methyl sites for hydroxylation is 2. The second kappa shape index (κ2) is 6.91. The van der Waals surface area contributed by atoms with E-state index in [0.717, 1.165) is 12.5 Å². The van der Waals surface area contributed by atoms with Crippen molar-refractivity contribution in [2.24, 2.45) is 5.92 Å². The largest absolute Gasteiger partial charge is 0.312 e. The number of rotatable bonds is 5. The van der Waals surface area contributed by atoms with Gasteiger partial charge in [-0.15, -0.1) is 0 Å². The van der Waals surface area contributed by atoms with Crippen molar-refractivity contribution >= 4 is 0 Å². The summed E-state index contributed by atoms with van der Waals surface area (Å²) in [7, 11) is 6.47. The normalized spacial score (nSPS) is 24.7. The summed E-state index contributed by atoms with van der Waals surface area (Å²) in [4.78, 5) is 4.98. The molecule has 1 aromatic carbocycles. The third kappa shape index (κ3) is 4.06. The lowest BCUT2D eigenvalue weighted by Crippen LogP contribution is -2.36. The van der Waals surface area contributed by atoms with Crippen LogP contribution in [0, 0.1) is 19.8 Å². The molecule has 1 N–H and O–H groups in total. The first-order valence-electron chi connectivity index (χ1n) is 8.05. The first-order valence-corrected chi connectivity index (χ1v) is 8.05. The van der Waals surface area contributed by atoms with Crippen LogP contribution in [-0.2, 0) is 0 Å². The van der Waals surface area contributed by atoms with Crippen molar-refractivity contribution in [3.63, 3.8) is 0 Å². The van der Waals surface area contributed by atoms with E-state index in [1.807, 2.05) is 0 Å². The molecule has 3 atom stereocenters. The lowest BCUT2D eigenvalue weighted by atomic mass is 10.0. The summed E-state index contributed by atoms with van der Waals surface area (Å²) in [5.41, 5.74) is 4.12. The first kappa shape index (κ1) is 16.5. The van der Waals surface area contributed by atoms with Gasteiger partial charge < -0.3 is 10.2 Å². The van der Waals surface area contributed by atoms with Crippen LogP contribution in [0.25, 0.3) is 0 Å². The minimum Gasteiger partial charge on any atom is -0.312 e. The van der Waals surface area contributed by atoms with E-state index in [1.54, 1.807) is 0 Å². The Balaban J connectivity index is 2.06. The molecule has 3 heteroatoms. The van der Waals surface area contributed by atoms with Crippen molar-refractivity contribution in [2.45, 2.75) is 32.9 Å². The molecule has 1 aliphatic heterocycles. The summed E-state index contributed by atoms with van der Waals surface area (Å²) in [6.45, 7) is 10.2. The third-order valence-electron chi connectivity index (χ3n) is 4.75. The lowest BCUT2D eigenvalue weighted by Gasteiger charge is -2.25. The van der Waals surface area contributed by atoms with Crippen molar-refractivity contribution in [1.29, 1.82) is 0 Å². The summed E-state index contributed by atoms with van der Waals surface area (Å²) in [6, 6.07) is 7.98. The van der Waals surface area contributed by atoms with Gasteiger partial charge in [0.05, 0.1) is 0 Å². The third-order valence-corrected chi connectivity index (χ3v) is 4.75. The summed E-state index contributed by atoms with van der Waals surface area (Å²) >= 11 is 0. The SMILES string of the molecule is CNC(CN1CC(C)C(N(C)C)C1)c1cc(C)cc(C)c1. The number of nitrogens with zero attached hydrogens (tertiary/aromatic N) is 2. The van der Waals surface area contributed by atoms with Gasteiger partial charge in [-0.2, -0.15) is 0 Å². The maximum Gasteiger partial charge on any atom is 0.0447 e. The van der Waals surface area contributed by atoms with E-state index in [1.165, 1.54) is 29.8 Å². The van der Waals surface area contributed by atoms with Crippen LogP contribution in [-0.4, -0.2) is 56.6 Å². The molecule has 1 saturated heterocycles. The maximum absolute atomic E-state index is 3.50. The van der Waals surface area contributed by atoms with Gasteiger partial charge in [0.2, 0.25) is 0 Å². The van der Waals surface area contributed by atoms with Crippen LogP contribution >= 0.6 is 0 Å². The lowest BCUT2D eigenvalue weighted by molar-refractivity contribution is 0.245. The highest BCUT2D eigenvalue weighted by Crippen LogP contribution is 2.24. The minimum absolute atomic E-state index is 0.414. The van der Waals surface area contributed by atoms with Crippen LogP contribution in [0.5, 0.6) is 0 Å². The average molecular weight is 289 g/mol. The minimum atomic E-state index is 0.414. The van der Waals surface area contributed by atoms with Crippen LogP contribution < -0.4 is 5.32 Å². The van der Waals surface area contributed by atoms with E-state index >= 15 is 0 Å². The number of benzene rings is 1. The zero-order valence-corrected chi connectivity index (χ0v) is 14.5. The predicted molar refractivity (Wildman–Crippen MR) is 90.8 cm³/mol. The molecular weight excluding hydrogens is 258 g/mol. The Morgan fingerprint density at radius 3 is 2.29 bits per heavy atom. The van der Waals surface area contributed by atoms with E-state index in [-0.39, 0.29) is 0 Å². The zero-order chi connectivity index (χ0) is 15.6. The molecule has 0 radical (unpaired) electrons. The highest BCUT2D eigenvalue weighted by Gasteiger charge is 2.31. The molecular formula is C18H31N3. The molecule has 0 aromatic heterocycles. The van der Waals surface area contributed by atoms with Crippen LogP contribution in [0.3, 0.4) is 0 Å². The van der Waals surface area contributed by atoms with E-state index < -0.39 is 0 Å². The number of hydrogen-bond acceptors (Lipinski definition) is 3. The first-order chi connectivity index (χ1) is 9.90. The van der Waals surface area contributed by atoms with Gasteiger partial charge in [0, 0.05) is 31.7 Å². The van der Waals surface area contributed by atoms with Crippen molar-refractivity contribution < 1.29 is 0 Å². The van der Waals surface area contributed by atoms with Crippen molar-refractivity contribution in [1.82, 2.24) is 15.1 Å². The van der Waals surface area contributed by atoms with E-state index in [4.69, 9.17) is 0 Å². The molecule has 3 unspecified atom stereocenters. The Morgan fingerprint density at radius 2 is 1.81 bits per heavy atom. The average Bonchev–Trinajstić information content (AvgIpc) is 2.76.